The first kappa shape index (κ1) is 13.2. The predicted octanol–water partition coefficient (Wildman–Crippen LogP) is 2.20. The number of carbonyl (C=O) groups is 1. The summed E-state index contributed by atoms with van der Waals surface area (Å²) in [7, 11) is 0. The van der Waals surface area contributed by atoms with Gasteiger partial charge in [0.2, 0.25) is 0 Å². The SMILES string of the molecule is CC(C)[C@@H](CO)NC(=O)c1ccccc1Br. The van der Waals surface area contributed by atoms with Crippen LogP contribution >= 0.6 is 15.9 Å². The average molecular weight is 286 g/mol. The lowest BCUT2D eigenvalue weighted by Crippen LogP contribution is -2.41. The molecular formula is C12H16BrNO2. The lowest BCUT2D eigenvalue weighted by molar-refractivity contribution is 0.0896. The van der Waals surface area contributed by atoms with Crippen LogP contribution in [0.4, 0.5) is 0 Å². The van der Waals surface area contributed by atoms with E-state index in [1.54, 1.807) is 6.07 Å². The summed E-state index contributed by atoms with van der Waals surface area (Å²) in [4.78, 5) is 11.9. The number of rotatable bonds is 4. The van der Waals surface area contributed by atoms with Gasteiger partial charge in [0.05, 0.1) is 18.2 Å². The van der Waals surface area contributed by atoms with Gasteiger partial charge in [0.15, 0.2) is 0 Å². The molecule has 0 bridgehead atoms. The van der Waals surface area contributed by atoms with E-state index in [9.17, 15) is 4.79 Å². The van der Waals surface area contributed by atoms with Gasteiger partial charge in [-0.25, -0.2) is 0 Å². The zero-order valence-electron chi connectivity index (χ0n) is 9.40. The van der Waals surface area contributed by atoms with Crippen molar-refractivity contribution in [1.82, 2.24) is 5.32 Å². The molecule has 0 radical (unpaired) electrons. The van der Waals surface area contributed by atoms with Crippen molar-refractivity contribution in [2.75, 3.05) is 6.61 Å². The van der Waals surface area contributed by atoms with E-state index in [0.29, 0.717) is 5.56 Å². The van der Waals surface area contributed by atoms with E-state index in [0.717, 1.165) is 4.47 Å². The van der Waals surface area contributed by atoms with Gasteiger partial charge < -0.3 is 10.4 Å². The molecule has 3 nitrogen and oxygen atoms in total. The minimum atomic E-state index is -0.209. The molecule has 0 saturated carbocycles. The Morgan fingerprint density at radius 3 is 2.56 bits per heavy atom. The van der Waals surface area contributed by atoms with Crippen molar-refractivity contribution < 1.29 is 9.90 Å². The van der Waals surface area contributed by atoms with Gasteiger partial charge in [-0.1, -0.05) is 26.0 Å². The fourth-order valence-corrected chi connectivity index (χ4v) is 1.78. The fourth-order valence-electron chi connectivity index (χ4n) is 1.31. The molecule has 0 aliphatic carbocycles. The first-order chi connectivity index (χ1) is 7.56. The summed E-state index contributed by atoms with van der Waals surface area (Å²) in [5.74, 6) is 0.0386. The third-order valence-electron chi connectivity index (χ3n) is 2.44. The van der Waals surface area contributed by atoms with E-state index in [4.69, 9.17) is 5.11 Å². The monoisotopic (exact) mass is 285 g/mol. The van der Waals surface area contributed by atoms with Crippen LogP contribution in [0.2, 0.25) is 0 Å². The Balaban J connectivity index is 2.76. The highest BCUT2D eigenvalue weighted by atomic mass is 79.9. The minimum Gasteiger partial charge on any atom is -0.394 e. The molecule has 1 rings (SSSR count). The molecule has 1 amide bonds. The molecular weight excluding hydrogens is 270 g/mol. The van der Waals surface area contributed by atoms with Crippen molar-refractivity contribution in [3.05, 3.63) is 34.3 Å². The lowest BCUT2D eigenvalue weighted by atomic mass is 10.0. The largest absolute Gasteiger partial charge is 0.394 e. The van der Waals surface area contributed by atoms with E-state index >= 15 is 0 Å². The summed E-state index contributed by atoms with van der Waals surface area (Å²) in [5.41, 5.74) is 0.585. The van der Waals surface area contributed by atoms with Crippen LogP contribution in [0.1, 0.15) is 24.2 Å². The highest BCUT2D eigenvalue weighted by molar-refractivity contribution is 9.10. The maximum absolute atomic E-state index is 11.9. The Morgan fingerprint density at radius 1 is 1.44 bits per heavy atom. The highest BCUT2D eigenvalue weighted by Crippen LogP contribution is 2.16. The maximum atomic E-state index is 11.9. The zero-order valence-corrected chi connectivity index (χ0v) is 11.0. The first-order valence-corrected chi connectivity index (χ1v) is 6.01. The van der Waals surface area contributed by atoms with Crippen LogP contribution in [-0.2, 0) is 0 Å². The molecule has 2 N–H and O–H groups in total. The molecule has 0 spiro atoms. The third-order valence-corrected chi connectivity index (χ3v) is 3.13. The number of halogens is 1. The van der Waals surface area contributed by atoms with Gasteiger partial charge in [-0.3, -0.25) is 4.79 Å². The van der Waals surface area contributed by atoms with Crippen molar-refractivity contribution >= 4 is 21.8 Å². The zero-order chi connectivity index (χ0) is 12.1. The third kappa shape index (κ3) is 3.32. The smallest absolute Gasteiger partial charge is 0.252 e. The van der Waals surface area contributed by atoms with Crippen LogP contribution in [0.25, 0.3) is 0 Å². The van der Waals surface area contributed by atoms with E-state index in [2.05, 4.69) is 21.2 Å². The second-order valence-corrected chi connectivity index (χ2v) is 4.84. The van der Waals surface area contributed by atoms with Gasteiger partial charge in [0.1, 0.15) is 0 Å². The number of hydrogen-bond donors (Lipinski definition) is 2. The summed E-state index contributed by atoms with van der Waals surface area (Å²) >= 11 is 3.32. The number of hydrogen-bond acceptors (Lipinski definition) is 2. The van der Waals surface area contributed by atoms with Crippen LogP contribution in [0.3, 0.4) is 0 Å². The molecule has 0 heterocycles. The Kier molecular flexibility index (Phi) is 4.96. The molecule has 16 heavy (non-hydrogen) atoms. The molecule has 0 aromatic heterocycles. The Hall–Kier alpha value is -0.870. The van der Waals surface area contributed by atoms with Gasteiger partial charge in [0.25, 0.3) is 5.91 Å². The van der Waals surface area contributed by atoms with Gasteiger partial charge in [0, 0.05) is 4.47 Å². The first-order valence-electron chi connectivity index (χ1n) is 5.22. The molecule has 4 heteroatoms. The number of amides is 1. The van der Waals surface area contributed by atoms with Crippen molar-refractivity contribution in [3.63, 3.8) is 0 Å². The predicted molar refractivity (Wildman–Crippen MR) is 67.3 cm³/mol. The number of nitrogens with one attached hydrogen (secondary N) is 1. The second kappa shape index (κ2) is 6.01. The normalized spacial score (nSPS) is 12.6. The number of aliphatic hydroxyl groups excluding tert-OH is 1. The van der Waals surface area contributed by atoms with Crippen LogP contribution in [-0.4, -0.2) is 23.7 Å². The molecule has 88 valence electrons. The topological polar surface area (TPSA) is 49.3 Å². The van der Waals surface area contributed by atoms with Crippen LogP contribution in [0, 0.1) is 5.92 Å². The van der Waals surface area contributed by atoms with Gasteiger partial charge >= 0.3 is 0 Å². The average Bonchev–Trinajstić information content (AvgIpc) is 2.25. The molecule has 0 fully saturated rings. The Morgan fingerprint density at radius 2 is 2.06 bits per heavy atom. The van der Waals surface area contributed by atoms with E-state index in [1.165, 1.54) is 0 Å². The van der Waals surface area contributed by atoms with Crippen molar-refractivity contribution in [2.24, 2.45) is 5.92 Å². The molecule has 1 aromatic rings. The fraction of sp³-hybridized carbons (Fsp3) is 0.417. The Bertz CT molecular complexity index is 366. The molecule has 0 aliphatic rings. The van der Waals surface area contributed by atoms with Crippen LogP contribution < -0.4 is 5.32 Å². The quantitative estimate of drug-likeness (QED) is 0.891. The Labute approximate surface area is 104 Å². The van der Waals surface area contributed by atoms with Crippen molar-refractivity contribution in [3.8, 4) is 0 Å². The van der Waals surface area contributed by atoms with Gasteiger partial charge in [-0.2, -0.15) is 0 Å². The van der Waals surface area contributed by atoms with Crippen LogP contribution in [0.15, 0.2) is 28.7 Å². The second-order valence-electron chi connectivity index (χ2n) is 3.99. The summed E-state index contributed by atoms with van der Waals surface area (Å²) in [5, 5.41) is 11.9. The summed E-state index contributed by atoms with van der Waals surface area (Å²) in [6.07, 6.45) is 0. The lowest BCUT2D eigenvalue weighted by Gasteiger charge is -2.20. The molecule has 0 aliphatic heterocycles. The van der Waals surface area contributed by atoms with Gasteiger partial charge in [-0.15, -0.1) is 0 Å². The van der Waals surface area contributed by atoms with Gasteiger partial charge in [-0.05, 0) is 34.0 Å². The minimum absolute atomic E-state index is 0.0478. The highest BCUT2D eigenvalue weighted by Gasteiger charge is 2.17. The standard InChI is InChI=1S/C12H16BrNO2/c1-8(2)11(7-15)14-12(16)9-5-3-4-6-10(9)13/h3-6,8,11,15H,7H2,1-2H3,(H,14,16)/t11-/m1/s1. The maximum Gasteiger partial charge on any atom is 0.252 e. The molecule has 1 aromatic carbocycles. The number of aliphatic hydroxyl groups is 1. The molecule has 0 unspecified atom stereocenters. The molecule has 1 atom stereocenters. The molecule has 0 saturated heterocycles. The van der Waals surface area contributed by atoms with Crippen molar-refractivity contribution in [2.45, 2.75) is 19.9 Å². The van der Waals surface area contributed by atoms with E-state index in [1.807, 2.05) is 32.0 Å². The van der Waals surface area contributed by atoms with E-state index in [-0.39, 0.29) is 24.5 Å². The summed E-state index contributed by atoms with van der Waals surface area (Å²) < 4.78 is 0.757. The van der Waals surface area contributed by atoms with Crippen LogP contribution in [0.5, 0.6) is 0 Å². The van der Waals surface area contributed by atoms with Crippen molar-refractivity contribution in [1.29, 1.82) is 0 Å². The number of benzene rings is 1. The number of carbonyl (C=O) groups excluding carboxylic acids is 1. The summed E-state index contributed by atoms with van der Waals surface area (Å²) in [6.45, 7) is 3.87. The summed E-state index contributed by atoms with van der Waals surface area (Å²) in [6, 6.07) is 7.02. The van der Waals surface area contributed by atoms with E-state index < -0.39 is 0 Å².